The molecule has 1 aliphatic heterocycles. The lowest BCUT2D eigenvalue weighted by Crippen LogP contribution is -2.49. The molecule has 8 heteroatoms. The zero-order valence-electron chi connectivity index (χ0n) is 17.3. The third-order valence-corrected chi connectivity index (χ3v) is 6.88. The van der Waals surface area contributed by atoms with E-state index < -0.39 is 6.04 Å². The first-order chi connectivity index (χ1) is 14.9. The summed E-state index contributed by atoms with van der Waals surface area (Å²) in [6, 6.07) is 8.37. The van der Waals surface area contributed by atoms with Gasteiger partial charge in [-0.2, -0.15) is 5.10 Å². The van der Waals surface area contributed by atoms with E-state index in [0.29, 0.717) is 21.8 Å². The van der Waals surface area contributed by atoms with Gasteiger partial charge in [0.15, 0.2) is 5.82 Å². The van der Waals surface area contributed by atoms with Gasteiger partial charge in [0.05, 0.1) is 16.1 Å². The number of benzene rings is 1. The molecule has 31 heavy (non-hydrogen) atoms. The van der Waals surface area contributed by atoms with Crippen molar-refractivity contribution in [2.24, 2.45) is 5.41 Å². The van der Waals surface area contributed by atoms with Crippen LogP contribution in [0.3, 0.4) is 0 Å². The van der Waals surface area contributed by atoms with Crippen LogP contribution in [0.2, 0.25) is 5.02 Å². The summed E-state index contributed by atoms with van der Waals surface area (Å²) in [6.07, 6.45) is 8.06. The molecule has 1 aliphatic carbocycles. The lowest BCUT2D eigenvalue weighted by molar-refractivity contribution is -0.134. The summed E-state index contributed by atoms with van der Waals surface area (Å²) in [4.78, 5) is 31.6. The number of piperidine rings is 1. The predicted molar refractivity (Wildman–Crippen MR) is 118 cm³/mol. The number of hydrogen-bond donors (Lipinski definition) is 1. The first-order valence-corrected chi connectivity index (χ1v) is 11.0. The van der Waals surface area contributed by atoms with Crippen LogP contribution in [0, 0.1) is 5.41 Å². The summed E-state index contributed by atoms with van der Waals surface area (Å²) < 4.78 is 1.63. The Morgan fingerprint density at radius 3 is 2.55 bits per heavy atom. The highest BCUT2D eigenvalue weighted by molar-refractivity contribution is 6.35. The summed E-state index contributed by atoms with van der Waals surface area (Å²) in [5.41, 5.74) is 1.69. The fraction of sp³-hybridized carbons (Fsp3) is 0.391. The monoisotopic (exact) mass is 437 g/mol. The molecule has 0 unspecified atom stereocenters. The minimum atomic E-state index is -0.570. The van der Waals surface area contributed by atoms with Gasteiger partial charge in [0.2, 0.25) is 5.91 Å². The molecule has 1 aromatic carbocycles. The second-order valence-corrected chi connectivity index (χ2v) is 9.08. The minimum absolute atomic E-state index is 0.0199. The summed E-state index contributed by atoms with van der Waals surface area (Å²) in [5.74, 6) is 0.244. The standard InChI is InChI=1S/C23H24ClN5O2/c1-15(22(31)28-11-9-23(7-8-23)10-12-28)26-21(30)16-5-6-20(25-13-16)29-14-17-18(24)3-2-4-19(17)27-29/h2-6,13-15H,7-12H2,1H3,(H,26,30)/t15-/m0/s1. The van der Waals surface area contributed by atoms with Gasteiger partial charge < -0.3 is 10.2 Å². The van der Waals surface area contributed by atoms with Gasteiger partial charge in [0.1, 0.15) is 6.04 Å². The van der Waals surface area contributed by atoms with Crippen molar-refractivity contribution in [2.75, 3.05) is 13.1 Å². The van der Waals surface area contributed by atoms with Crippen LogP contribution in [-0.4, -0.2) is 50.6 Å². The molecule has 2 aromatic heterocycles. The molecule has 2 aliphatic rings. The maximum absolute atomic E-state index is 12.7. The van der Waals surface area contributed by atoms with Crippen LogP contribution in [0.4, 0.5) is 0 Å². The van der Waals surface area contributed by atoms with E-state index in [-0.39, 0.29) is 11.8 Å². The number of likely N-dealkylation sites (tertiary alicyclic amines) is 1. The molecule has 2 fully saturated rings. The molecule has 7 nitrogen and oxygen atoms in total. The van der Waals surface area contributed by atoms with Crippen LogP contribution < -0.4 is 5.32 Å². The van der Waals surface area contributed by atoms with Gasteiger partial charge in [-0.3, -0.25) is 9.59 Å². The first kappa shape index (κ1) is 20.0. The third kappa shape index (κ3) is 3.90. The summed E-state index contributed by atoms with van der Waals surface area (Å²) in [7, 11) is 0. The lowest BCUT2D eigenvalue weighted by Gasteiger charge is -2.33. The van der Waals surface area contributed by atoms with Crippen molar-refractivity contribution >= 4 is 34.3 Å². The number of carbonyl (C=O) groups excluding carboxylic acids is 2. The zero-order valence-corrected chi connectivity index (χ0v) is 18.1. The van der Waals surface area contributed by atoms with Crippen LogP contribution in [0.25, 0.3) is 16.7 Å². The number of aromatic nitrogens is 3. The lowest BCUT2D eigenvalue weighted by atomic mass is 9.93. The molecule has 1 saturated carbocycles. The summed E-state index contributed by atoms with van der Waals surface area (Å²) in [6.45, 7) is 3.32. The van der Waals surface area contributed by atoms with Gasteiger partial charge in [-0.1, -0.05) is 17.7 Å². The van der Waals surface area contributed by atoms with Crippen LogP contribution in [0.1, 0.15) is 43.0 Å². The Labute approximate surface area is 185 Å². The molecular weight excluding hydrogens is 414 g/mol. The molecule has 1 spiro atoms. The number of amides is 2. The Balaban J connectivity index is 1.23. The van der Waals surface area contributed by atoms with Gasteiger partial charge in [0, 0.05) is 30.9 Å². The Morgan fingerprint density at radius 1 is 1.13 bits per heavy atom. The number of hydrogen-bond acceptors (Lipinski definition) is 4. The number of pyridine rings is 1. The van der Waals surface area contributed by atoms with Crippen molar-refractivity contribution in [1.29, 1.82) is 0 Å². The second-order valence-electron chi connectivity index (χ2n) is 8.67. The van der Waals surface area contributed by atoms with Gasteiger partial charge in [-0.15, -0.1) is 0 Å². The number of halogens is 1. The molecule has 2 amide bonds. The quantitative estimate of drug-likeness (QED) is 0.676. The normalized spacial score (nSPS) is 18.2. The van der Waals surface area contributed by atoms with Crippen molar-refractivity contribution in [2.45, 2.75) is 38.6 Å². The van der Waals surface area contributed by atoms with E-state index in [1.54, 1.807) is 23.7 Å². The van der Waals surface area contributed by atoms with Gasteiger partial charge in [-0.05, 0) is 62.3 Å². The Morgan fingerprint density at radius 2 is 1.90 bits per heavy atom. The van der Waals surface area contributed by atoms with E-state index in [2.05, 4.69) is 15.4 Å². The average molecular weight is 438 g/mol. The Bertz CT molecular complexity index is 1140. The molecule has 1 saturated heterocycles. The smallest absolute Gasteiger partial charge is 0.253 e. The Hall–Kier alpha value is -2.93. The fourth-order valence-corrected chi connectivity index (χ4v) is 4.49. The molecule has 3 aromatic rings. The number of rotatable bonds is 4. The third-order valence-electron chi connectivity index (χ3n) is 6.55. The highest BCUT2D eigenvalue weighted by Gasteiger charge is 2.45. The van der Waals surface area contributed by atoms with Crippen molar-refractivity contribution in [3.05, 3.63) is 53.3 Å². The zero-order chi connectivity index (χ0) is 21.6. The van der Waals surface area contributed by atoms with E-state index in [1.807, 2.05) is 29.3 Å². The number of nitrogens with zero attached hydrogens (tertiary/aromatic N) is 4. The second kappa shape index (κ2) is 7.64. The van der Waals surface area contributed by atoms with Crippen LogP contribution in [-0.2, 0) is 4.79 Å². The Kier molecular flexibility index (Phi) is 4.93. The molecular formula is C23H24ClN5O2. The van der Waals surface area contributed by atoms with Gasteiger partial charge >= 0.3 is 0 Å². The fourth-order valence-electron chi connectivity index (χ4n) is 4.27. The predicted octanol–water partition coefficient (Wildman–Crippen LogP) is 3.59. The van der Waals surface area contributed by atoms with E-state index >= 15 is 0 Å². The van der Waals surface area contributed by atoms with Crippen LogP contribution >= 0.6 is 11.6 Å². The molecule has 3 heterocycles. The van der Waals surface area contributed by atoms with Crippen molar-refractivity contribution in [1.82, 2.24) is 25.0 Å². The number of fused-ring (bicyclic) bond motifs is 1. The van der Waals surface area contributed by atoms with E-state index in [0.717, 1.165) is 36.8 Å². The number of nitrogens with one attached hydrogen (secondary N) is 1. The van der Waals surface area contributed by atoms with Gasteiger partial charge in [-0.25, -0.2) is 9.67 Å². The summed E-state index contributed by atoms with van der Waals surface area (Å²) in [5, 5.41) is 8.75. The molecule has 5 rings (SSSR count). The SMILES string of the molecule is C[C@H](NC(=O)c1ccc(-n2cc3c(Cl)cccc3n2)nc1)C(=O)N1CCC2(CC1)CC2. The maximum atomic E-state index is 12.7. The van der Waals surface area contributed by atoms with Crippen molar-refractivity contribution < 1.29 is 9.59 Å². The molecule has 0 bridgehead atoms. The number of carbonyl (C=O) groups is 2. The molecule has 1 atom stereocenters. The molecule has 1 N–H and O–H groups in total. The summed E-state index contributed by atoms with van der Waals surface area (Å²) >= 11 is 6.21. The highest BCUT2D eigenvalue weighted by atomic mass is 35.5. The van der Waals surface area contributed by atoms with Crippen molar-refractivity contribution in [3.63, 3.8) is 0 Å². The molecule has 160 valence electrons. The van der Waals surface area contributed by atoms with Crippen molar-refractivity contribution in [3.8, 4) is 5.82 Å². The van der Waals surface area contributed by atoms with Gasteiger partial charge in [0.25, 0.3) is 5.91 Å². The van der Waals surface area contributed by atoms with Crippen LogP contribution in [0.15, 0.2) is 42.7 Å². The van der Waals surface area contributed by atoms with E-state index in [4.69, 9.17) is 11.6 Å². The first-order valence-electron chi connectivity index (χ1n) is 10.6. The van der Waals surface area contributed by atoms with E-state index in [1.165, 1.54) is 19.0 Å². The highest BCUT2D eigenvalue weighted by Crippen LogP contribution is 2.53. The minimum Gasteiger partial charge on any atom is -0.341 e. The van der Waals surface area contributed by atoms with E-state index in [9.17, 15) is 9.59 Å². The largest absolute Gasteiger partial charge is 0.341 e. The topological polar surface area (TPSA) is 80.1 Å². The van der Waals surface area contributed by atoms with Crippen LogP contribution in [0.5, 0.6) is 0 Å². The molecule has 0 radical (unpaired) electrons. The average Bonchev–Trinajstić information content (AvgIpc) is 3.38. The maximum Gasteiger partial charge on any atom is 0.253 e.